The normalized spacial score (nSPS) is 10.9. The maximum Gasteiger partial charge on any atom is 0.134 e. The molecule has 1 heterocycles. The molecule has 0 N–H and O–H groups in total. The Hall–Kier alpha value is -1.12. The Balaban J connectivity index is 2.32. The van der Waals surface area contributed by atoms with Crippen molar-refractivity contribution in [1.29, 1.82) is 0 Å². The van der Waals surface area contributed by atoms with Gasteiger partial charge >= 0.3 is 0 Å². The molecule has 0 saturated heterocycles. The summed E-state index contributed by atoms with van der Waals surface area (Å²) in [6.07, 6.45) is 0.597. The van der Waals surface area contributed by atoms with E-state index in [1.54, 1.807) is 0 Å². The first-order chi connectivity index (χ1) is 8.56. The molecule has 0 aliphatic heterocycles. The molecule has 1 aromatic heterocycles. The molecule has 2 nitrogen and oxygen atoms in total. The van der Waals surface area contributed by atoms with Crippen LogP contribution in [0.4, 0.5) is 0 Å². The minimum absolute atomic E-state index is 0.329. The Bertz CT molecular complexity index is 553. The number of benzene rings is 1. The zero-order valence-corrected chi connectivity index (χ0v) is 11.8. The number of halogens is 2. The average molecular weight is 281 g/mol. The standard InChI is InChI=1S/C14H14Cl2N2/c1-9(2)12-8-13(16)18-14(17-12)7-10-5-3-4-6-11(10)15/h3-6,8-9H,7H2,1-2H3. The summed E-state index contributed by atoms with van der Waals surface area (Å²) in [7, 11) is 0. The molecule has 94 valence electrons. The first kappa shape index (κ1) is 13.3. The molecule has 0 unspecified atom stereocenters. The Morgan fingerprint density at radius 1 is 1.11 bits per heavy atom. The summed E-state index contributed by atoms with van der Waals surface area (Å²) in [6.45, 7) is 4.16. The number of rotatable bonds is 3. The summed E-state index contributed by atoms with van der Waals surface area (Å²) in [5.74, 6) is 1.04. The predicted octanol–water partition coefficient (Wildman–Crippen LogP) is 4.50. The van der Waals surface area contributed by atoms with Crippen molar-refractivity contribution in [3.8, 4) is 0 Å². The van der Waals surface area contributed by atoms with E-state index in [9.17, 15) is 0 Å². The van der Waals surface area contributed by atoms with Crippen molar-refractivity contribution in [2.45, 2.75) is 26.2 Å². The van der Waals surface area contributed by atoms with Gasteiger partial charge in [-0.05, 0) is 23.6 Å². The van der Waals surface area contributed by atoms with Gasteiger partial charge in [0.25, 0.3) is 0 Å². The maximum atomic E-state index is 6.13. The van der Waals surface area contributed by atoms with Crippen LogP contribution in [0.1, 0.15) is 36.8 Å². The van der Waals surface area contributed by atoms with E-state index in [2.05, 4.69) is 23.8 Å². The summed E-state index contributed by atoms with van der Waals surface area (Å²) in [5.41, 5.74) is 1.97. The van der Waals surface area contributed by atoms with Gasteiger partial charge in [-0.1, -0.05) is 55.2 Å². The van der Waals surface area contributed by atoms with E-state index >= 15 is 0 Å². The number of aromatic nitrogens is 2. The molecule has 0 atom stereocenters. The van der Waals surface area contributed by atoms with Crippen LogP contribution >= 0.6 is 23.2 Å². The lowest BCUT2D eigenvalue weighted by atomic mass is 10.1. The minimum Gasteiger partial charge on any atom is -0.237 e. The van der Waals surface area contributed by atoms with Gasteiger partial charge in [-0.2, -0.15) is 0 Å². The van der Waals surface area contributed by atoms with E-state index in [0.717, 1.165) is 16.3 Å². The third-order valence-electron chi connectivity index (χ3n) is 2.66. The largest absolute Gasteiger partial charge is 0.237 e. The highest BCUT2D eigenvalue weighted by molar-refractivity contribution is 6.31. The second-order valence-corrected chi connectivity index (χ2v) is 5.25. The van der Waals surface area contributed by atoms with Crippen molar-refractivity contribution in [2.24, 2.45) is 0 Å². The van der Waals surface area contributed by atoms with E-state index in [1.807, 2.05) is 30.3 Å². The third-order valence-corrected chi connectivity index (χ3v) is 3.22. The summed E-state index contributed by atoms with van der Waals surface area (Å²) in [6, 6.07) is 9.51. The topological polar surface area (TPSA) is 25.8 Å². The number of hydrogen-bond acceptors (Lipinski definition) is 2. The van der Waals surface area contributed by atoms with Gasteiger partial charge < -0.3 is 0 Å². The molecule has 18 heavy (non-hydrogen) atoms. The first-order valence-electron chi connectivity index (χ1n) is 5.83. The molecule has 0 aliphatic rings. The van der Waals surface area contributed by atoms with Crippen LogP contribution in [-0.2, 0) is 6.42 Å². The molecule has 0 amide bonds. The molecule has 4 heteroatoms. The average Bonchev–Trinajstić information content (AvgIpc) is 2.31. The van der Waals surface area contributed by atoms with Gasteiger partial charge in [-0.3, -0.25) is 0 Å². The lowest BCUT2D eigenvalue weighted by molar-refractivity contribution is 0.791. The van der Waals surface area contributed by atoms with E-state index in [-0.39, 0.29) is 0 Å². The van der Waals surface area contributed by atoms with E-state index < -0.39 is 0 Å². The molecule has 1 aromatic carbocycles. The second-order valence-electron chi connectivity index (χ2n) is 4.45. The van der Waals surface area contributed by atoms with Gasteiger partial charge in [0.1, 0.15) is 11.0 Å². The summed E-state index contributed by atoms with van der Waals surface area (Å²) in [4.78, 5) is 8.76. The molecular formula is C14H14Cl2N2. The Labute approximate surface area is 117 Å². The zero-order chi connectivity index (χ0) is 13.1. The predicted molar refractivity (Wildman–Crippen MR) is 75.4 cm³/mol. The van der Waals surface area contributed by atoms with Gasteiger partial charge in [-0.25, -0.2) is 9.97 Å². The van der Waals surface area contributed by atoms with Crippen LogP contribution in [0.15, 0.2) is 30.3 Å². The van der Waals surface area contributed by atoms with Crippen LogP contribution in [0.5, 0.6) is 0 Å². The van der Waals surface area contributed by atoms with E-state index in [1.165, 1.54) is 0 Å². The smallest absolute Gasteiger partial charge is 0.134 e. The monoisotopic (exact) mass is 280 g/mol. The summed E-state index contributed by atoms with van der Waals surface area (Å²) >= 11 is 12.1. The number of hydrogen-bond donors (Lipinski definition) is 0. The molecule has 0 saturated carbocycles. The SMILES string of the molecule is CC(C)c1cc(Cl)nc(Cc2ccccc2Cl)n1. The quantitative estimate of drug-likeness (QED) is 0.774. The van der Waals surface area contributed by atoms with Crippen molar-refractivity contribution in [1.82, 2.24) is 9.97 Å². The van der Waals surface area contributed by atoms with E-state index in [0.29, 0.717) is 23.3 Å². The highest BCUT2D eigenvalue weighted by Crippen LogP contribution is 2.20. The first-order valence-corrected chi connectivity index (χ1v) is 6.58. The van der Waals surface area contributed by atoms with Crippen LogP contribution < -0.4 is 0 Å². The fourth-order valence-corrected chi connectivity index (χ4v) is 2.08. The fraction of sp³-hybridized carbons (Fsp3) is 0.286. The van der Waals surface area contributed by atoms with Crippen LogP contribution in [0.25, 0.3) is 0 Å². The Morgan fingerprint density at radius 2 is 1.83 bits per heavy atom. The molecule has 0 bridgehead atoms. The second kappa shape index (κ2) is 5.68. The lowest BCUT2D eigenvalue weighted by Gasteiger charge is -2.08. The fourth-order valence-electron chi connectivity index (χ4n) is 1.67. The van der Waals surface area contributed by atoms with Gasteiger partial charge in [0.05, 0.1) is 0 Å². The zero-order valence-electron chi connectivity index (χ0n) is 10.3. The van der Waals surface area contributed by atoms with Crippen molar-refractivity contribution in [3.63, 3.8) is 0 Å². The maximum absolute atomic E-state index is 6.13. The molecule has 0 fully saturated rings. The minimum atomic E-state index is 0.329. The van der Waals surface area contributed by atoms with E-state index in [4.69, 9.17) is 23.2 Å². The van der Waals surface area contributed by atoms with Gasteiger partial charge in [-0.15, -0.1) is 0 Å². The molecule has 0 aliphatic carbocycles. The van der Waals surface area contributed by atoms with Crippen molar-refractivity contribution in [3.05, 3.63) is 57.6 Å². The molecular weight excluding hydrogens is 267 g/mol. The lowest BCUT2D eigenvalue weighted by Crippen LogP contribution is -2.02. The molecule has 0 spiro atoms. The molecule has 0 radical (unpaired) electrons. The summed E-state index contributed by atoms with van der Waals surface area (Å²) < 4.78 is 0. The van der Waals surface area contributed by atoms with Crippen LogP contribution in [0.3, 0.4) is 0 Å². The van der Waals surface area contributed by atoms with Crippen molar-refractivity contribution in [2.75, 3.05) is 0 Å². The van der Waals surface area contributed by atoms with Gasteiger partial charge in [0, 0.05) is 17.1 Å². The van der Waals surface area contributed by atoms with Crippen LogP contribution in [0.2, 0.25) is 10.2 Å². The van der Waals surface area contributed by atoms with Crippen LogP contribution in [-0.4, -0.2) is 9.97 Å². The highest BCUT2D eigenvalue weighted by atomic mass is 35.5. The van der Waals surface area contributed by atoms with Crippen molar-refractivity contribution < 1.29 is 0 Å². The summed E-state index contributed by atoms with van der Waals surface area (Å²) in [5, 5.41) is 1.21. The Kier molecular flexibility index (Phi) is 4.20. The Morgan fingerprint density at radius 3 is 2.50 bits per heavy atom. The highest BCUT2D eigenvalue weighted by Gasteiger charge is 2.08. The van der Waals surface area contributed by atoms with Crippen molar-refractivity contribution >= 4 is 23.2 Å². The molecule has 2 rings (SSSR count). The van der Waals surface area contributed by atoms with Gasteiger partial charge in [0.15, 0.2) is 0 Å². The third kappa shape index (κ3) is 3.21. The number of nitrogens with zero attached hydrogens (tertiary/aromatic N) is 2. The van der Waals surface area contributed by atoms with Crippen LogP contribution in [0, 0.1) is 0 Å². The molecule has 2 aromatic rings. The van der Waals surface area contributed by atoms with Gasteiger partial charge in [0.2, 0.25) is 0 Å².